The lowest BCUT2D eigenvalue weighted by molar-refractivity contribution is -0.152. The molecular weight excluding hydrogens is 452 g/mol. The van der Waals surface area contributed by atoms with Crippen molar-refractivity contribution < 1.29 is 13.5 Å². The van der Waals surface area contributed by atoms with Crippen molar-refractivity contribution in [1.82, 2.24) is 0 Å². The molecule has 0 aromatic heterocycles. The maximum absolute atomic E-state index is 13.3. The quantitative estimate of drug-likeness (QED) is 0.446. The van der Waals surface area contributed by atoms with Gasteiger partial charge in [0.15, 0.2) is 9.84 Å². The Hall–Kier alpha value is -0.870. The minimum atomic E-state index is -3.26. The van der Waals surface area contributed by atoms with Crippen LogP contribution in [-0.2, 0) is 9.84 Å². The van der Waals surface area contributed by atoms with E-state index < -0.39 is 15.4 Å². The largest absolute Gasteiger partial charge is 0.390 e. The van der Waals surface area contributed by atoms with E-state index in [2.05, 4.69) is 27.7 Å². The Bertz CT molecular complexity index is 1010. The molecule has 0 unspecified atom stereocenters. The topological polar surface area (TPSA) is 54.4 Å². The number of hydrogen-bond acceptors (Lipinski definition) is 3. The highest BCUT2D eigenvalue weighted by molar-refractivity contribution is 7.91. The average Bonchev–Trinajstić information content (AvgIpc) is 3.21. The van der Waals surface area contributed by atoms with Gasteiger partial charge >= 0.3 is 0 Å². The fraction of sp³-hybridized carbons (Fsp3) is 0.806. The SMILES string of the molecule is CC[C@H](CS(=O)(=O)c1ccccc1)[C@H]1CC[C@H]2[C@@H]3CC[C@H]4C[C@](O)(CC)CC[C@]4(C)[C@H]3CC[C@]12C. The molecule has 1 N–H and O–H groups in total. The van der Waals surface area contributed by atoms with Gasteiger partial charge in [-0.1, -0.05) is 52.3 Å². The molecule has 9 atom stereocenters. The molecule has 196 valence electrons. The Balaban J connectivity index is 1.35. The highest BCUT2D eigenvalue weighted by atomic mass is 32.2. The third kappa shape index (κ3) is 4.23. The summed E-state index contributed by atoms with van der Waals surface area (Å²) in [6.45, 7) is 9.46. The Morgan fingerprint density at radius 3 is 2.31 bits per heavy atom. The number of fused-ring (bicyclic) bond motifs is 5. The molecule has 0 heterocycles. The van der Waals surface area contributed by atoms with Gasteiger partial charge < -0.3 is 5.11 Å². The molecule has 4 aliphatic carbocycles. The van der Waals surface area contributed by atoms with Crippen molar-refractivity contribution in [2.75, 3.05) is 5.75 Å². The zero-order chi connectivity index (χ0) is 25.1. The lowest BCUT2D eigenvalue weighted by Gasteiger charge is -2.62. The molecule has 4 heteroatoms. The second kappa shape index (κ2) is 9.15. The summed E-state index contributed by atoms with van der Waals surface area (Å²) >= 11 is 0. The van der Waals surface area contributed by atoms with Gasteiger partial charge in [-0.2, -0.15) is 0 Å². The molecule has 1 aromatic carbocycles. The van der Waals surface area contributed by atoms with Crippen LogP contribution in [0.1, 0.15) is 98.3 Å². The zero-order valence-electron chi connectivity index (χ0n) is 22.5. The van der Waals surface area contributed by atoms with Crippen LogP contribution in [0.3, 0.4) is 0 Å². The smallest absolute Gasteiger partial charge is 0.178 e. The number of sulfone groups is 1. The first-order valence-electron chi connectivity index (χ1n) is 14.6. The summed E-state index contributed by atoms with van der Waals surface area (Å²) in [5.74, 6) is 4.03. The van der Waals surface area contributed by atoms with E-state index in [1.165, 1.54) is 44.9 Å². The summed E-state index contributed by atoms with van der Waals surface area (Å²) < 4.78 is 26.6. The highest BCUT2D eigenvalue weighted by Gasteiger charge is 2.61. The van der Waals surface area contributed by atoms with Crippen LogP contribution in [0.2, 0.25) is 0 Å². The van der Waals surface area contributed by atoms with E-state index in [-0.39, 0.29) is 11.3 Å². The molecule has 0 spiro atoms. The molecule has 5 rings (SSSR count). The minimum Gasteiger partial charge on any atom is -0.390 e. The third-order valence-corrected chi connectivity index (χ3v) is 14.0. The number of aliphatic hydroxyl groups is 1. The van der Waals surface area contributed by atoms with Crippen LogP contribution in [-0.4, -0.2) is 24.9 Å². The molecule has 4 aliphatic rings. The summed E-state index contributed by atoms with van der Waals surface area (Å²) in [6, 6.07) is 9.09. The fourth-order valence-corrected chi connectivity index (χ4v) is 11.8. The predicted molar refractivity (Wildman–Crippen MR) is 143 cm³/mol. The van der Waals surface area contributed by atoms with Gasteiger partial charge in [0.2, 0.25) is 0 Å². The van der Waals surface area contributed by atoms with E-state index >= 15 is 0 Å². The first kappa shape index (κ1) is 25.8. The van der Waals surface area contributed by atoms with Gasteiger partial charge in [0, 0.05) is 0 Å². The van der Waals surface area contributed by atoms with Crippen LogP contribution in [0.5, 0.6) is 0 Å². The molecule has 0 amide bonds. The summed E-state index contributed by atoms with van der Waals surface area (Å²) in [5.41, 5.74) is 0.220. The van der Waals surface area contributed by atoms with Gasteiger partial charge in [0.1, 0.15) is 0 Å². The van der Waals surface area contributed by atoms with Crippen LogP contribution < -0.4 is 0 Å². The van der Waals surface area contributed by atoms with E-state index in [1.807, 2.05) is 18.2 Å². The van der Waals surface area contributed by atoms with E-state index in [4.69, 9.17) is 0 Å². The normalized spacial score (nSPS) is 44.2. The van der Waals surface area contributed by atoms with Gasteiger partial charge in [-0.3, -0.25) is 0 Å². The Kier molecular flexibility index (Phi) is 6.74. The van der Waals surface area contributed by atoms with E-state index in [1.54, 1.807) is 12.1 Å². The maximum Gasteiger partial charge on any atom is 0.178 e. The van der Waals surface area contributed by atoms with E-state index in [9.17, 15) is 13.5 Å². The van der Waals surface area contributed by atoms with Crippen molar-refractivity contribution >= 4 is 9.84 Å². The summed E-state index contributed by atoms with van der Waals surface area (Å²) in [4.78, 5) is 0.484. The first-order chi connectivity index (χ1) is 16.6. The monoisotopic (exact) mass is 500 g/mol. The molecule has 4 saturated carbocycles. The number of benzene rings is 1. The fourth-order valence-electron chi connectivity index (χ4n) is 9.98. The summed E-state index contributed by atoms with van der Waals surface area (Å²) in [7, 11) is -3.26. The lowest BCUT2D eigenvalue weighted by Crippen LogP contribution is -2.56. The van der Waals surface area contributed by atoms with Crippen LogP contribution >= 0.6 is 0 Å². The van der Waals surface area contributed by atoms with Crippen molar-refractivity contribution in [2.24, 2.45) is 46.3 Å². The lowest BCUT2D eigenvalue weighted by atomic mass is 9.43. The van der Waals surface area contributed by atoms with Crippen LogP contribution in [0.15, 0.2) is 35.2 Å². The molecular formula is C31H48O3S. The zero-order valence-corrected chi connectivity index (χ0v) is 23.3. The van der Waals surface area contributed by atoms with Gasteiger partial charge in [-0.05, 0) is 123 Å². The summed E-state index contributed by atoms with van der Waals surface area (Å²) in [6.07, 6.45) is 12.6. The van der Waals surface area contributed by atoms with Crippen molar-refractivity contribution in [1.29, 1.82) is 0 Å². The molecule has 35 heavy (non-hydrogen) atoms. The van der Waals surface area contributed by atoms with Crippen LogP contribution in [0.4, 0.5) is 0 Å². The Morgan fingerprint density at radius 2 is 1.63 bits per heavy atom. The molecule has 0 aliphatic heterocycles. The molecule has 3 nitrogen and oxygen atoms in total. The van der Waals surface area contributed by atoms with Gasteiger partial charge in [0.05, 0.1) is 16.2 Å². The standard InChI is InChI=1S/C31H48O3S/c1-5-22(21-35(33,34)24-10-8-7-9-11-24)26-14-15-27-25-13-12-23-20-31(32,6-2)19-18-29(23,3)28(25)16-17-30(26,27)4/h7-11,22-23,25-28,32H,5-6,12-21H2,1-4H3/t22-,23+,25+,26-,27+,28+,29+,30-,31+/m1/s1. The first-order valence-corrected chi connectivity index (χ1v) is 16.2. The third-order valence-electron chi connectivity index (χ3n) is 12.2. The van der Waals surface area contributed by atoms with E-state index in [0.717, 1.165) is 43.4 Å². The molecule has 4 fully saturated rings. The molecule has 0 saturated heterocycles. The van der Waals surface area contributed by atoms with Crippen molar-refractivity contribution in [3.63, 3.8) is 0 Å². The molecule has 0 radical (unpaired) electrons. The Morgan fingerprint density at radius 1 is 0.914 bits per heavy atom. The van der Waals surface area contributed by atoms with Crippen molar-refractivity contribution in [3.8, 4) is 0 Å². The van der Waals surface area contributed by atoms with Crippen molar-refractivity contribution in [2.45, 2.75) is 109 Å². The highest BCUT2D eigenvalue weighted by Crippen LogP contribution is 2.69. The number of rotatable bonds is 6. The van der Waals surface area contributed by atoms with Gasteiger partial charge in [-0.25, -0.2) is 8.42 Å². The molecule has 0 bridgehead atoms. The average molecular weight is 501 g/mol. The summed E-state index contributed by atoms with van der Waals surface area (Å²) in [5, 5.41) is 11.1. The predicted octanol–water partition coefficient (Wildman–Crippen LogP) is 7.29. The van der Waals surface area contributed by atoms with Gasteiger partial charge in [-0.15, -0.1) is 0 Å². The second-order valence-corrected chi connectivity index (χ2v) is 15.5. The van der Waals surface area contributed by atoms with Crippen LogP contribution in [0, 0.1) is 46.3 Å². The van der Waals surface area contributed by atoms with E-state index in [0.29, 0.717) is 27.9 Å². The Labute approximate surface area is 214 Å². The number of hydrogen-bond donors (Lipinski definition) is 1. The van der Waals surface area contributed by atoms with Crippen molar-refractivity contribution in [3.05, 3.63) is 30.3 Å². The van der Waals surface area contributed by atoms with Crippen LogP contribution in [0.25, 0.3) is 0 Å². The second-order valence-electron chi connectivity index (χ2n) is 13.4. The minimum absolute atomic E-state index is 0.243. The molecule has 1 aromatic rings. The van der Waals surface area contributed by atoms with Gasteiger partial charge in [0.25, 0.3) is 0 Å². The maximum atomic E-state index is 13.3.